The summed E-state index contributed by atoms with van der Waals surface area (Å²) in [5.41, 5.74) is 1.40. The molecule has 0 aromatic heterocycles. The first kappa shape index (κ1) is 15.8. The van der Waals surface area contributed by atoms with E-state index in [4.69, 9.17) is 9.57 Å². The molecule has 1 fully saturated rings. The molecule has 1 amide bonds. The van der Waals surface area contributed by atoms with Crippen molar-refractivity contribution in [2.75, 3.05) is 27.2 Å². The summed E-state index contributed by atoms with van der Waals surface area (Å²) in [6.07, 6.45) is 2.58. The molecular weight excluding hydrogens is 294 g/mol. The highest BCUT2D eigenvalue weighted by Gasteiger charge is 2.44. The molecule has 6 nitrogen and oxygen atoms in total. The van der Waals surface area contributed by atoms with Crippen LogP contribution in [0.15, 0.2) is 29.4 Å². The van der Waals surface area contributed by atoms with Crippen molar-refractivity contribution in [2.45, 2.75) is 31.4 Å². The van der Waals surface area contributed by atoms with Crippen molar-refractivity contribution in [3.63, 3.8) is 0 Å². The first-order chi connectivity index (χ1) is 11.1. The van der Waals surface area contributed by atoms with Crippen molar-refractivity contribution in [2.24, 2.45) is 5.16 Å². The van der Waals surface area contributed by atoms with Gasteiger partial charge in [-0.25, -0.2) is 0 Å². The van der Waals surface area contributed by atoms with Gasteiger partial charge >= 0.3 is 0 Å². The highest BCUT2D eigenvalue weighted by atomic mass is 16.7. The van der Waals surface area contributed by atoms with Crippen LogP contribution in [0.1, 0.15) is 24.8 Å². The van der Waals surface area contributed by atoms with Gasteiger partial charge in [-0.1, -0.05) is 17.3 Å². The third-order valence-electron chi connectivity index (χ3n) is 4.51. The van der Waals surface area contributed by atoms with Gasteiger partial charge in [-0.15, -0.1) is 0 Å². The van der Waals surface area contributed by atoms with Crippen LogP contribution < -0.4 is 10.1 Å². The predicted octanol–water partition coefficient (Wildman–Crippen LogP) is 1.55. The van der Waals surface area contributed by atoms with E-state index in [9.17, 15) is 4.79 Å². The smallest absolute Gasteiger partial charge is 0.268 e. The van der Waals surface area contributed by atoms with Crippen molar-refractivity contribution >= 4 is 11.6 Å². The minimum atomic E-state index is -0.341. The molecule has 23 heavy (non-hydrogen) atoms. The number of ether oxygens (including phenoxy) is 1. The monoisotopic (exact) mass is 317 g/mol. The number of methoxy groups -OCH3 is 1. The molecule has 1 N–H and O–H groups in total. The number of benzene rings is 1. The highest BCUT2D eigenvalue weighted by molar-refractivity contribution is 6.39. The van der Waals surface area contributed by atoms with E-state index >= 15 is 0 Å². The fourth-order valence-electron chi connectivity index (χ4n) is 3.32. The van der Waals surface area contributed by atoms with E-state index in [0.29, 0.717) is 12.1 Å². The van der Waals surface area contributed by atoms with Crippen molar-refractivity contribution in [1.82, 2.24) is 10.2 Å². The summed E-state index contributed by atoms with van der Waals surface area (Å²) in [4.78, 5) is 19.8. The third kappa shape index (κ3) is 3.47. The molecule has 1 atom stereocenters. The van der Waals surface area contributed by atoms with Gasteiger partial charge in [0.2, 0.25) is 0 Å². The summed E-state index contributed by atoms with van der Waals surface area (Å²) in [6, 6.07) is 8.13. The largest absolute Gasteiger partial charge is 0.497 e. The fraction of sp³-hybridized carbons (Fsp3) is 0.529. The number of likely N-dealkylation sites (tertiary alicyclic amines) is 1. The molecule has 1 aromatic carbocycles. The molecule has 1 saturated heterocycles. The molecule has 0 saturated carbocycles. The molecule has 0 bridgehead atoms. The van der Waals surface area contributed by atoms with E-state index < -0.39 is 0 Å². The number of piperidine rings is 1. The molecule has 3 rings (SSSR count). The molecule has 2 heterocycles. The lowest BCUT2D eigenvalue weighted by atomic mass is 9.88. The second kappa shape index (κ2) is 6.58. The molecule has 1 unspecified atom stereocenters. The van der Waals surface area contributed by atoms with Gasteiger partial charge in [-0.3, -0.25) is 9.69 Å². The zero-order chi connectivity index (χ0) is 16.3. The van der Waals surface area contributed by atoms with Crippen molar-refractivity contribution in [3.05, 3.63) is 29.8 Å². The van der Waals surface area contributed by atoms with E-state index in [-0.39, 0.29) is 11.5 Å². The Labute approximate surface area is 136 Å². The SMILES string of the molecule is CNC(=O)C1=NOC2(CCCN(Cc3ccc(OC)cc3)C2)C1. The lowest BCUT2D eigenvalue weighted by Crippen LogP contribution is -2.48. The Kier molecular flexibility index (Phi) is 4.52. The van der Waals surface area contributed by atoms with Gasteiger partial charge in [0, 0.05) is 26.6 Å². The first-order valence-corrected chi connectivity index (χ1v) is 7.96. The summed E-state index contributed by atoms with van der Waals surface area (Å²) >= 11 is 0. The number of rotatable bonds is 4. The summed E-state index contributed by atoms with van der Waals surface area (Å²) in [5.74, 6) is 0.723. The lowest BCUT2D eigenvalue weighted by Gasteiger charge is -2.38. The Morgan fingerprint density at radius 1 is 1.43 bits per heavy atom. The first-order valence-electron chi connectivity index (χ1n) is 7.96. The summed E-state index contributed by atoms with van der Waals surface area (Å²) in [6.45, 7) is 2.69. The van der Waals surface area contributed by atoms with Gasteiger partial charge in [0.05, 0.1) is 7.11 Å². The van der Waals surface area contributed by atoms with Crippen LogP contribution in [0.3, 0.4) is 0 Å². The fourth-order valence-corrected chi connectivity index (χ4v) is 3.32. The quantitative estimate of drug-likeness (QED) is 0.915. The highest BCUT2D eigenvalue weighted by Crippen LogP contribution is 2.34. The number of carbonyl (C=O) groups excluding carboxylic acids is 1. The average Bonchev–Trinajstić information content (AvgIpc) is 2.98. The number of carbonyl (C=O) groups is 1. The topological polar surface area (TPSA) is 63.2 Å². The molecule has 1 spiro atoms. The maximum Gasteiger partial charge on any atom is 0.268 e. The third-order valence-corrected chi connectivity index (χ3v) is 4.51. The van der Waals surface area contributed by atoms with E-state index in [1.807, 2.05) is 12.1 Å². The second-order valence-corrected chi connectivity index (χ2v) is 6.23. The van der Waals surface area contributed by atoms with E-state index in [0.717, 1.165) is 38.2 Å². The van der Waals surface area contributed by atoms with Gasteiger partial charge in [0.25, 0.3) is 5.91 Å². The minimum Gasteiger partial charge on any atom is -0.497 e. The van der Waals surface area contributed by atoms with Crippen LogP contribution in [-0.4, -0.2) is 49.4 Å². The number of nitrogens with one attached hydrogen (secondary N) is 1. The van der Waals surface area contributed by atoms with E-state index in [2.05, 4.69) is 27.5 Å². The summed E-state index contributed by atoms with van der Waals surface area (Å²) in [7, 11) is 3.29. The zero-order valence-corrected chi connectivity index (χ0v) is 13.7. The predicted molar refractivity (Wildman–Crippen MR) is 87.4 cm³/mol. The Morgan fingerprint density at radius 3 is 2.91 bits per heavy atom. The van der Waals surface area contributed by atoms with Crippen molar-refractivity contribution in [1.29, 1.82) is 0 Å². The maximum absolute atomic E-state index is 11.7. The number of nitrogens with zero attached hydrogens (tertiary/aromatic N) is 2. The molecule has 1 aromatic rings. The van der Waals surface area contributed by atoms with Crippen LogP contribution in [0.2, 0.25) is 0 Å². The Morgan fingerprint density at radius 2 is 2.22 bits per heavy atom. The van der Waals surface area contributed by atoms with Crippen LogP contribution >= 0.6 is 0 Å². The van der Waals surface area contributed by atoms with E-state index in [1.54, 1.807) is 14.2 Å². The van der Waals surface area contributed by atoms with E-state index in [1.165, 1.54) is 5.56 Å². The maximum atomic E-state index is 11.7. The molecule has 0 radical (unpaired) electrons. The number of hydrogen-bond donors (Lipinski definition) is 1. The molecule has 6 heteroatoms. The van der Waals surface area contributed by atoms with Gasteiger partial charge in [0.15, 0.2) is 5.60 Å². The number of hydrogen-bond acceptors (Lipinski definition) is 5. The van der Waals surface area contributed by atoms with Crippen molar-refractivity contribution < 1.29 is 14.4 Å². The van der Waals surface area contributed by atoms with Crippen molar-refractivity contribution in [3.8, 4) is 5.75 Å². The molecule has 2 aliphatic heterocycles. The van der Waals surface area contributed by atoms with Gasteiger partial charge in [-0.05, 0) is 37.1 Å². The lowest BCUT2D eigenvalue weighted by molar-refractivity contribution is -0.114. The molecule has 2 aliphatic rings. The van der Waals surface area contributed by atoms with Crippen LogP contribution in [-0.2, 0) is 16.2 Å². The molecule has 124 valence electrons. The Balaban J connectivity index is 1.61. The molecular formula is C17H23N3O3. The standard InChI is InChI=1S/C17H23N3O3/c1-18-16(21)15-10-17(23-19-15)8-3-9-20(12-17)11-13-4-6-14(22-2)7-5-13/h4-7H,3,8-12H2,1-2H3,(H,18,21). The van der Waals surface area contributed by atoms with Gasteiger partial charge < -0.3 is 14.9 Å². The minimum absolute atomic E-state index is 0.144. The van der Waals surface area contributed by atoms with Crippen LogP contribution in [0.25, 0.3) is 0 Å². The number of amides is 1. The Bertz CT molecular complexity index is 600. The van der Waals surface area contributed by atoms with Gasteiger partial charge in [0.1, 0.15) is 11.5 Å². The van der Waals surface area contributed by atoms with Crippen LogP contribution in [0.5, 0.6) is 5.75 Å². The normalized spacial score (nSPS) is 24.2. The summed E-state index contributed by atoms with van der Waals surface area (Å²) < 4.78 is 5.19. The van der Waals surface area contributed by atoms with Crippen LogP contribution in [0, 0.1) is 0 Å². The summed E-state index contributed by atoms with van der Waals surface area (Å²) in [5, 5.41) is 6.62. The zero-order valence-electron chi connectivity index (χ0n) is 13.7. The van der Waals surface area contributed by atoms with Gasteiger partial charge in [-0.2, -0.15) is 0 Å². The average molecular weight is 317 g/mol. The Hall–Kier alpha value is -2.08. The van der Waals surface area contributed by atoms with Crippen LogP contribution in [0.4, 0.5) is 0 Å². The number of oxime groups is 1. The molecule has 0 aliphatic carbocycles. The second-order valence-electron chi connectivity index (χ2n) is 6.23.